The van der Waals surface area contributed by atoms with Gasteiger partial charge in [-0.15, -0.1) is 0 Å². The zero-order valence-corrected chi connectivity index (χ0v) is 12.5. The molecular weight excluding hydrogens is 250 g/mol. The van der Waals surface area contributed by atoms with Crippen LogP contribution in [0.15, 0.2) is 0 Å². The van der Waals surface area contributed by atoms with Crippen molar-refractivity contribution in [2.24, 2.45) is 22.7 Å². The van der Waals surface area contributed by atoms with Crippen molar-refractivity contribution in [3.8, 4) is 0 Å². The Morgan fingerprint density at radius 3 is 2.60 bits per heavy atom. The Hall–Kier alpha value is -0.700. The lowest BCUT2D eigenvalue weighted by atomic mass is 9.51. The van der Waals surface area contributed by atoms with E-state index >= 15 is 0 Å². The van der Waals surface area contributed by atoms with Crippen molar-refractivity contribution in [1.29, 1.82) is 0 Å². The van der Waals surface area contributed by atoms with Crippen LogP contribution in [0.25, 0.3) is 0 Å². The molecule has 0 aromatic carbocycles. The first-order valence-electron chi connectivity index (χ1n) is 8.37. The fourth-order valence-corrected chi connectivity index (χ4v) is 6.17. The second-order valence-corrected chi connectivity index (χ2v) is 7.83. The summed E-state index contributed by atoms with van der Waals surface area (Å²) in [4.78, 5) is 28.5. The number of Topliss-reactive ketones (excluding diaryl/α,β-unsaturated/α-hetero) is 2. The largest absolute Gasteiger partial charge is 0.302 e. The maximum Gasteiger partial charge on any atom is 0.141 e. The Kier molecular flexibility index (Phi) is 2.70. The summed E-state index contributed by atoms with van der Waals surface area (Å²) < 4.78 is 0. The van der Waals surface area contributed by atoms with Crippen LogP contribution in [0.2, 0.25) is 0 Å². The zero-order valence-electron chi connectivity index (χ0n) is 12.5. The molecule has 3 unspecified atom stereocenters. The lowest BCUT2D eigenvalue weighted by Crippen LogP contribution is -2.57. The molecular formula is C17H25NO2. The third-order valence-corrected chi connectivity index (χ3v) is 6.85. The Morgan fingerprint density at radius 2 is 1.80 bits per heavy atom. The Balaban J connectivity index is 1.86. The molecule has 0 radical (unpaired) electrons. The number of carbonyl (C=O) groups is 2. The minimum Gasteiger partial charge on any atom is -0.302 e. The van der Waals surface area contributed by atoms with Crippen molar-refractivity contribution in [3.05, 3.63) is 0 Å². The molecule has 2 bridgehead atoms. The second kappa shape index (κ2) is 4.16. The third kappa shape index (κ3) is 1.40. The van der Waals surface area contributed by atoms with E-state index in [0.717, 1.165) is 51.7 Å². The highest BCUT2D eigenvalue weighted by Crippen LogP contribution is 2.65. The van der Waals surface area contributed by atoms with Gasteiger partial charge in [0.1, 0.15) is 11.6 Å². The van der Waals surface area contributed by atoms with Crippen molar-refractivity contribution in [3.63, 3.8) is 0 Å². The standard InChI is InChI=1S/C17H25NO2/c1-12-8-13-10-14(19)16-4-2-6-18(11-16)7-3-5-17(13,16)15(20)9-12/h12-13H,2-11H2,1H3/t12?,13-,16?,17+/m0/s1. The first kappa shape index (κ1) is 13.0. The monoisotopic (exact) mass is 275 g/mol. The van der Waals surface area contributed by atoms with Crippen molar-refractivity contribution in [2.45, 2.75) is 51.9 Å². The van der Waals surface area contributed by atoms with E-state index in [9.17, 15) is 9.59 Å². The molecule has 2 spiro atoms. The van der Waals surface area contributed by atoms with Gasteiger partial charge in [0.15, 0.2) is 0 Å². The van der Waals surface area contributed by atoms with Gasteiger partial charge in [0.2, 0.25) is 0 Å². The first-order chi connectivity index (χ1) is 9.58. The summed E-state index contributed by atoms with van der Waals surface area (Å²) in [5.41, 5.74) is -0.574. The van der Waals surface area contributed by atoms with Gasteiger partial charge in [-0.2, -0.15) is 0 Å². The third-order valence-electron chi connectivity index (χ3n) is 6.85. The van der Waals surface area contributed by atoms with Crippen molar-refractivity contribution >= 4 is 11.6 Å². The molecule has 4 rings (SSSR count). The van der Waals surface area contributed by atoms with E-state index in [1.165, 1.54) is 0 Å². The number of hydrogen-bond acceptors (Lipinski definition) is 3. The number of hydrogen-bond donors (Lipinski definition) is 0. The summed E-state index contributed by atoms with van der Waals surface area (Å²) in [5, 5.41) is 0. The van der Waals surface area contributed by atoms with Crippen LogP contribution in [0.3, 0.4) is 0 Å². The zero-order chi connectivity index (χ0) is 14.0. The number of rotatable bonds is 0. The van der Waals surface area contributed by atoms with Gasteiger partial charge < -0.3 is 4.90 Å². The van der Waals surface area contributed by atoms with Crippen LogP contribution in [-0.4, -0.2) is 36.1 Å². The van der Waals surface area contributed by atoms with Crippen molar-refractivity contribution < 1.29 is 9.59 Å². The van der Waals surface area contributed by atoms with Gasteiger partial charge in [-0.1, -0.05) is 6.92 Å². The quantitative estimate of drug-likeness (QED) is 0.681. The summed E-state index contributed by atoms with van der Waals surface area (Å²) in [6.45, 7) is 5.28. The molecule has 4 aliphatic rings. The lowest BCUT2D eigenvalue weighted by molar-refractivity contribution is -0.153. The number of ketones is 2. The summed E-state index contributed by atoms with van der Waals surface area (Å²) in [5.74, 6) is 1.70. The molecule has 0 aromatic rings. The molecule has 0 N–H and O–H groups in total. The molecule has 3 heteroatoms. The SMILES string of the molecule is CC1CC(=O)[C@]23CCCN4CCCC2(C4)C(=O)C[C@@H]3C1. The average Bonchev–Trinajstić information content (AvgIpc) is 2.55. The normalized spacial score (nSPS) is 51.4. The topological polar surface area (TPSA) is 37.4 Å². The Labute approximate surface area is 121 Å². The summed E-state index contributed by atoms with van der Waals surface area (Å²) >= 11 is 0. The van der Waals surface area contributed by atoms with Gasteiger partial charge >= 0.3 is 0 Å². The maximum atomic E-state index is 13.1. The van der Waals surface area contributed by atoms with Gasteiger partial charge in [-0.3, -0.25) is 9.59 Å². The molecule has 2 heterocycles. The van der Waals surface area contributed by atoms with Crippen LogP contribution < -0.4 is 0 Å². The molecule has 3 nitrogen and oxygen atoms in total. The lowest BCUT2D eigenvalue weighted by Gasteiger charge is -2.51. The van der Waals surface area contributed by atoms with Crippen LogP contribution in [0.5, 0.6) is 0 Å². The van der Waals surface area contributed by atoms with Crippen LogP contribution in [0.1, 0.15) is 51.9 Å². The van der Waals surface area contributed by atoms with Crippen LogP contribution in [0, 0.1) is 22.7 Å². The summed E-state index contributed by atoms with van der Waals surface area (Å²) in [6.07, 6.45) is 6.65. The molecule has 2 saturated heterocycles. The number of nitrogens with zero attached hydrogens (tertiary/aromatic N) is 1. The molecule has 20 heavy (non-hydrogen) atoms. The number of piperidine rings is 1. The number of fused-ring (bicyclic) bond motifs is 1. The molecule has 5 atom stereocenters. The van der Waals surface area contributed by atoms with E-state index in [4.69, 9.17) is 0 Å². The number of carbonyl (C=O) groups excluding carboxylic acids is 2. The molecule has 2 aliphatic heterocycles. The minimum absolute atomic E-state index is 0.272. The van der Waals surface area contributed by atoms with Crippen LogP contribution in [-0.2, 0) is 9.59 Å². The van der Waals surface area contributed by atoms with E-state index in [-0.39, 0.29) is 10.8 Å². The van der Waals surface area contributed by atoms with E-state index < -0.39 is 0 Å². The summed E-state index contributed by atoms with van der Waals surface area (Å²) in [7, 11) is 0. The van der Waals surface area contributed by atoms with E-state index in [1.54, 1.807) is 0 Å². The Morgan fingerprint density at radius 1 is 1.05 bits per heavy atom. The molecule has 4 fully saturated rings. The van der Waals surface area contributed by atoms with Gasteiger partial charge in [-0.05, 0) is 57.0 Å². The van der Waals surface area contributed by atoms with E-state index in [2.05, 4.69) is 11.8 Å². The first-order valence-corrected chi connectivity index (χ1v) is 8.37. The van der Waals surface area contributed by atoms with Crippen molar-refractivity contribution in [2.75, 3.05) is 19.6 Å². The van der Waals surface area contributed by atoms with Gasteiger partial charge in [0, 0.05) is 24.8 Å². The van der Waals surface area contributed by atoms with Crippen LogP contribution >= 0.6 is 0 Å². The second-order valence-electron chi connectivity index (χ2n) is 7.83. The summed E-state index contributed by atoms with van der Waals surface area (Å²) in [6, 6.07) is 0. The highest BCUT2D eigenvalue weighted by molar-refractivity contribution is 6.00. The van der Waals surface area contributed by atoms with Gasteiger partial charge in [0.05, 0.1) is 5.41 Å². The minimum atomic E-state index is -0.302. The highest BCUT2D eigenvalue weighted by Gasteiger charge is 2.69. The average molecular weight is 275 g/mol. The van der Waals surface area contributed by atoms with Crippen LogP contribution in [0.4, 0.5) is 0 Å². The fourth-order valence-electron chi connectivity index (χ4n) is 6.17. The van der Waals surface area contributed by atoms with Gasteiger partial charge in [0.25, 0.3) is 0 Å². The predicted molar refractivity (Wildman–Crippen MR) is 76.3 cm³/mol. The molecule has 0 amide bonds. The van der Waals surface area contributed by atoms with Crippen molar-refractivity contribution in [1.82, 2.24) is 4.90 Å². The molecule has 2 saturated carbocycles. The molecule has 2 aliphatic carbocycles. The maximum absolute atomic E-state index is 13.1. The Bertz CT molecular complexity index is 474. The highest BCUT2D eigenvalue weighted by atomic mass is 16.1. The van der Waals surface area contributed by atoms with Gasteiger partial charge in [-0.25, -0.2) is 0 Å². The fraction of sp³-hybridized carbons (Fsp3) is 0.882. The molecule has 0 aromatic heterocycles. The van der Waals surface area contributed by atoms with E-state index in [0.29, 0.717) is 36.2 Å². The predicted octanol–water partition coefficient (Wildman–Crippen LogP) is 2.44. The smallest absolute Gasteiger partial charge is 0.141 e. The van der Waals surface area contributed by atoms with E-state index in [1.807, 2.05) is 0 Å². The molecule has 110 valence electrons.